The van der Waals surface area contributed by atoms with Crippen LogP contribution >= 0.6 is 23.2 Å². The van der Waals surface area contributed by atoms with Gasteiger partial charge in [0, 0.05) is 23.9 Å². The van der Waals surface area contributed by atoms with E-state index in [4.69, 9.17) is 27.9 Å². The van der Waals surface area contributed by atoms with Crippen LogP contribution in [-0.2, 0) is 4.79 Å². The molecule has 2 aromatic rings. The Bertz CT molecular complexity index is 823. The van der Waals surface area contributed by atoms with Crippen molar-refractivity contribution in [1.29, 1.82) is 0 Å². The quantitative estimate of drug-likeness (QED) is 0.895. The average Bonchev–Trinajstić information content (AvgIpc) is 2.57. The van der Waals surface area contributed by atoms with E-state index >= 15 is 0 Å². The number of likely N-dealkylation sites (N-methyl/N-ethyl adjacent to an activating group) is 1. The minimum absolute atomic E-state index is 0.00890. The molecule has 0 aliphatic carbocycles. The van der Waals surface area contributed by atoms with Gasteiger partial charge < -0.3 is 15.0 Å². The lowest BCUT2D eigenvalue weighted by molar-refractivity contribution is -0.121. The smallest absolute Gasteiger partial charge is 0.265 e. The Hall–Kier alpha value is -2.24. The standard InChI is InChI=1S/C17H14Cl2N2O3/c1-2-21-14-6-4-11(8-15(14)24-9-16(21)22)20-17(23)10-3-5-12(18)13(19)7-10/h3-8H,2,9H2,1H3,(H,20,23). The molecular weight excluding hydrogens is 351 g/mol. The van der Waals surface area contributed by atoms with Gasteiger partial charge in [-0.2, -0.15) is 0 Å². The van der Waals surface area contributed by atoms with Gasteiger partial charge in [-0.1, -0.05) is 23.2 Å². The van der Waals surface area contributed by atoms with E-state index in [9.17, 15) is 9.59 Å². The molecular formula is C17H14Cl2N2O3. The highest BCUT2D eigenvalue weighted by Crippen LogP contribution is 2.34. The Morgan fingerprint density at radius 3 is 2.71 bits per heavy atom. The fourth-order valence-electron chi connectivity index (χ4n) is 2.47. The molecule has 0 saturated heterocycles. The highest BCUT2D eigenvalue weighted by Gasteiger charge is 2.24. The van der Waals surface area contributed by atoms with Crippen LogP contribution < -0.4 is 15.0 Å². The van der Waals surface area contributed by atoms with Crippen molar-refractivity contribution in [3.05, 3.63) is 52.0 Å². The monoisotopic (exact) mass is 364 g/mol. The molecule has 0 atom stereocenters. The molecule has 0 saturated carbocycles. The lowest BCUT2D eigenvalue weighted by atomic mass is 10.2. The summed E-state index contributed by atoms with van der Waals surface area (Å²) in [5.41, 5.74) is 1.66. The number of carbonyl (C=O) groups is 2. The van der Waals surface area contributed by atoms with E-state index in [1.807, 2.05) is 6.92 Å². The summed E-state index contributed by atoms with van der Waals surface area (Å²) in [6.45, 7) is 2.45. The summed E-state index contributed by atoms with van der Waals surface area (Å²) in [5, 5.41) is 3.48. The second kappa shape index (κ2) is 6.71. The van der Waals surface area contributed by atoms with Crippen LogP contribution in [-0.4, -0.2) is 25.0 Å². The van der Waals surface area contributed by atoms with Crippen molar-refractivity contribution in [2.45, 2.75) is 6.92 Å². The summed E-state index contributed by atoms with van der Waals surface area (Å²) in [6.07, 6.45) is 0. The molecule has 124 valence electrons. The minimum atomic E-state index is -0.312. The Morgan fingerprint density at radius 1 is 1.21 bits per heavy atom. The Labute approximate surface area is 149 Å². The number of amides is 2. The summed E-state index contributed by atoms with van der Waals surface area (Å²) in [4.78, 5) is 25.7. The van der Waals surface area contributed by atoms with Crippen molar-refractivity contribution in [3.63, 3.8) is 0 Å². The highest BCUT2D eigenvalue weighted by molar-refractivity contribution is 6.42. The summed E-state index contributed by atoms with van der Waals surface area (Å²) in [7, 11) is 0. The van der Waals surface area contributed by atoms with E-state index in [0.29, 0.717) is 39.3 Å². The van der Waals surface area contributed by atoms with Crippen LogP contribution in [0, 0.1) is 0 Å². The molecule has 1 aliphatic rings. The fraction of sp³-hybridized carbons (Fsp3) is 0.176. The normalized spacial score (nSPS) is 13.3. The van der Waals surface area contributed by atoms with E-state index in [-0.39, 0.29) is 18.4 Å². The predicted octanol–water partition coefficient (Wildman–Crippen LogP) is 3.99. The molecule has 3 rings (SSSR count). The number of halogens is 2. The molecule has 1 aliphatic heterocycles. The number of ether oxygens (including phenoxy) is 1. The Morgan fingerprint density at radius 2 is 2.00 bits per heavy atom. The zero-order chi connectivity index (χ0) is 17.3. The molecule has 0 fully saturated rings. The van der Waals surface area contributed by atoms with Gasteiger partial charge >= 0.3 is 0 Å². The second-order valence-corrected chi connectivity index (χ2v) is 6.01. The second-order valence-electron chi connectivity index (χ2n) is 5.19. The third-order valence-corrected chi connectivity index (χ3v) is 4.40. The summed E-state index contributed by atoms with van der Waals surface area (Å²) < 4.78 is 5.45. The van der Waals surface area contributed by atoms with E-state index in [1.54, 1.807) is 35.2 Å². The van der Waals surface area contributed by atoms with Gasteiger partial charge in [0.25, 0.3) is 11.8 Å². The zero-order valence-electron chi connectivity index (χ0n) is 12.8. The topological polar surface area (TPSA) is 58.6 Å². The summed E-state index contributed by atoms with van der Waals surface area (Å²) >= 11 is 11.8. The maximum absolute atomic E-state index is 12.3. The molecule has 0 spiro atoms. The zero-order valence-corrected chi connectivity index (χ0v) is 14.3. The van der Waals surface area contributed by atoms with Crippen molar-refractivity contribution >= 4 is 46.4 Å². The van der Waals surface area contributed by atoms with Gasteiger partial charge in [-0.25, -0.2) is 0 Å². The highest BCUT2D eigenvalue weighted by atomic mass is 35.5. The van der Waals surface area contributed by atoms with Crippen LogP contribution in [0.25, 0.3) is 0 Å². The third kappa shape index (κ3) is 3.18. The molecule has 1 N–H and O–H groups in total. The average molecular weight is 365 g/mol. The van der Waals surface area contributed by atoms with Crippen LogP contribution in [0.3, 0.4) is 0 Å². The van der Waals surface area contributed by atoms with Gasteiger partial charge in [-0.15, -0.1) is 0 Å². The number of nitrogens with zero attached hydrogens (tertiary/aromatic N) is 1. The lowest BCUT2D eigenvalue weighted by Gasteiger charge is -2.28. The summed E-state index contributed by atoms with van der Waals surface area (Å²) in [5.74, 6) is 0.161. The van der Waals surface area contributed by atoms with Gasteiger partial charge in [0.05, 0.1) is 15.7 Å². The first-order valence-corrected chi connectivity index (χ1v) is 8.09. The molecule has 0 unspecified atom stereocenters. The number of carbonyl (C=O) groups excluding carboxylic acids is 2. The van der Waals surface area contributed by atoms with Gasteiger partial charge in [0.2, 0.25) is 0 Å². The largest absolute Gasteiger partial charge is 0.481 e. The lowest BCUT2D eigenvalue weighted by Crippen LogP contribution is -2.38. The number of nitrogens with one attached hydrogen (secondary N) is 1. The van der Waals surface area contributed by atoms with Crippen LogP contribution in [0.15, 0.2) is 36.4 Å². The maximum atomic E-state index is 12.3. The molecule has 0 radical (unpaired) electrons. The number of anilines is 2. The Kier molecular flexibility index (Phi) is 4.64. The SMILES string of the molecule is CCN1C(=O)COc2cc(NC(=O)c3ccc(Cl)c(Cl)c3)ccc21. The number of rotatable bonds is 3. The first kappa shape index (κ1) is 16.6. The van der Waals surface area contributed by atoms with Gasteiger partial charge in [-0.05, 0) is 37.3 Å². The summed E-state index contributed by atoms with van der Waals surface area (Å²) in [6, 6.07) is 9.83. The van der Waals surface area contributed by atoms with Gasteiger partial charge in [0.1, 0.15) is 5.75 Å². The van der Waals surface area contributed by atoms with Crippen molar-refractivity contribution in [3.8, 4) is 5.75 Å². The number of fused-ring (bicyclic) bond motifs is 1. The van der Waals surface area contributed by atoms with Crippen LogP contribution in [0.5, 0.6) is 5.75 Å². The number of hydrogen-bond acceptors (Lipinski definition) is 3. The van der Waals surface area contributed by atoms with E-state index in [0.717, 1.165) is 0 Å². The molecule has 0 aromatic heterocycles. The van der Waals surface area contributed by atoms with Gasteiger partial charge in [0.15, 0.2) is 6.61 Å². The van der Waals surface area contributed by atoms with Crippen molar-refractivity contribution < 1.29 is 14.3 Å². The first-order chi connectivity index (χ1) is 11.5. The van der Waals surface area contributed by atoms with Crippen LogP contribution in [0.1, 0.15) is 17.3 Å². The Balaban J connectivity index is 1.82. The third-order valence-electron chi connectivity index (χ3n) is 3.66. The molecule has 1 heterocycles. The molecule has 5 nitrogen and oxygen atoms in total. The molecule has 2 amide bonds. The van der Waals surface area contributed by atoms with Crippen molar-refractivity contribution in [2.75, 3.05) is 23.4 Å². The number of hydrogen-bond donors (Lipinski definition) is 1. The van der Waals surface area contributed by atoms with Gasteiger partial charge in [-0.3, -0.25) is 9.59 Å². The molecule has 0 bridgehead atoms. The number of benzene rings is 2. The van der Waals surface area contributed by atoms with Crippen molar-refractivity contribution in [2.24, 2.45) is 0 Å². The first-order valence-electron chi connectivity index (χ1n) is 7.33. The predicted molar refractivity (Wildman–Crippen MR) is 94.4 cm³/mol. The van der Waals surface area contributed by atoms with E-state index < -0.39 is 0 Å². The molecule has 2 aromatic carbocycles. The van der Waals surface area contributed by atoms with Crippen LogP contribution in [0.2, 0.25) is 10.0 Å². The van der Waals surface area contributed by atoms with Crippen molar-refractivity contribution in [1.82, 2.24) is 0 Å². The van der Waals surface area contributed by atoms with E-state index in [1.165, 1.54) is 6.07 Å². The maximum Gasteiger partial charge on any atom is 0.265 e. The molecule has 7 heteroatoms. The fourth-order valence-corrected chi connectivity index (χ4v) is 2.77. The van der Waals surface area contributed by atoms with E-state index in [2.05, 4.69) is 5.32 Å². The minimum Gasteiger partial charge on any atom is -0.481 e. The molecule has 24 heavy (non-hydrogen) atoms. The van der Waals surface area contributed by atoms with Crippen LogP contribution in [0.4, 0.5) is 11.4 Å².